The van der Waals surface area contributed by atoms with E-state index in [-0.39, 0.29) is 0 Å². The highest BCUT2D eigenvalue weighted by Crippen LogP contribution is 2.10. The molecule has 14 heavy (non-hydrogen) atoms. The van der Waals surface area contributed by atoms with E-state index in [0.29, 0.717) is 5.92 Å². The molecular weight excluding hydrogens is 174 g/mol. The summed E-state index contributed by atoms with van der Waals surface area (Å²) >= 11 is 0. The van der Waals surface area contributed by atoms with Crippen LogP contribution in [0.1, 0.15) is 13.8 Å². The van der Waals surface area contributed by atoms with Gasteiger partial charge in [0.25, 0.3) is 0 Å². The van der Waals surface area contributed by atoms with Crippen LogP contribution in [-0.2, 0) is 0 Å². The second-order valence-corrected chi connectivity index (χ2v) is 3.57. The van der Waals surface area contributed by atoms with Gasteiger partial charge >= 0.3 is 0 Å². The SMILES string of the molecule is CCN(CC(C)CN)c1ccccn1. The number of nitrogens with two attached hydrogens (primary N) is 1. The largest absolute Gasteiger partial charge is 0.357 e. The van der Waals surface area contributed by atoms with Crippen molar-refractivity contribution in [3.63, 3.8) is 0 Å². The molecule has 3 heteroatoms. The zero-order valence-corrected chi connectivity index (χ0v) is 8.98. The van der Waals surface area contributed by atoms with Crippen LogP contribution in [-0.4, -0.2) is 24.6 Å². The lowest BCUT2D eigenvalue weighted by molar-refractivity contribution is 0.573. The fourth-order valence-electron chi connectivity index (χ4n) is 1.38. The first kappa shape index (κ1) is 11.0. The minimum atomic E-state index is 0.511. The quantitative estimate of drug-likeness (QED) is 0.770. The normalized spacial score (nSPS) is 12.5. The standard InChI is InChI=1S/C11H19N3/c1-3-14(9-10(2)8-12)11-6-4-5-7-13-11/h4-7,10H,3,8-9,12H2,1-2H3. The van der Waals surface area contributed by atoms with Gasteiger partial charge in [0.15, 0.2) is 0 Å². The van der Waals surface area contributed by atoms with Gasteiger partial charge in [-0.15, -0.1) is 0 Å². The molecule has 0 amide bonds. The van der Waals surface area contributed by atoms with Gasteiger partial charge in [-0.25, -0.2) is 4.98 Å². The molecule has 1 unspecified atom stereocenters. The molecule has 1 aromatic heterocycles. The summed E-state index contributed by atoms with van der Waals surface area (Å²) in [6.07, 6.45) is 1.82. The van der Waals surface area contributed by atoms with Crippen molar-refractivity contribution in [3.05, 3.63) is 24.4 Å². The first-order valence-electron chi connectivity index (χ1n) is 5.14. The smallest absolute Gasteiger partial charge is 0.128 e. The Bertz CT molecular complexity index is 248. The zero-order valence-electron chi connectivity index (χ0n) is 8.98. The van der Waals surface area contributed by atoms with Gasteiger partial charge in [0.1, 0.15) is 5.82 Å². The molecule has 0 aliphatic carbocycles. The Balaban J connectivity index is 2.63. The molecular formula is C11H19N3. The molecule has 0 aliphatic rings. The molecule has 0 fully saturated rings. The summed E-state index contributed by atoms with van der Waals surface area (Å²) in [7, 11) is 0. The number of nitrogens with zero attached hydrogens (tertiary/aromatic N) is 2. The van der Waals surface area contributed by atoms with Gasteiger partial charge in [-0.1, -0.05) is 13.0 Å². The van der Waals surface area contributed by atoms with Crippen molar-refractivity contribution in [2.75, 3.05) is 24.5 Å². The maximum Gasteiger partial charge on any atom is 0.128 e. The van der Waals surface area contributed by atoms with Crippen LogP contribution in [0, 0.1) is 5.92 Å². The lowest BCUT2D eigenvalue weighted by atomic mass is 10.1. The molecule has 0 aliphatic heterocycles. The average Bonchev–Trinajstić information content (AvgIpc) is 2.26. The predicted octanol–water partition coefficient (Wildman–Crippen LogP) is 1.50. The Morgan fingerprint density at radius 1 is 1.50 bits per heavy atom. The van der Waals surface area contributed by atoms with Gasteiger partial charge in [0.05, 0.1) is 0 Å². The van der Waals surface area contributed by atoms with E-state index in [1.165, 1.54) is 0 Å². The van der Waals surface area contributed by atoms with Crippen molar-refractivity contribution < 1.29 is 0 Å². The average molecular weight is 193 g/mol. The molecule has 0 radical (unpaired) electrons. The summed E-state index contributed by atoms with van der Waals surface area (Å²) in [5.41, 5.74) is 5.61. The summed E-state index contributed by atoms with van der Waals surface area (Å²) in [5, 5.41) is 0. The number of hydrogen-bond donors (Lipinski definition) is 1. The van der Waals surface area contributed by atoms with Gasteiger partial charge in [0, 0.05) is 19.3 Å². The van der Waals surface area contributed by atoms with E-state index in [0.717, 1.165) is 25.5 Å². The Kier molecular flexibility index (Phi) is 4.40. The van der Waals surface area contributed by atoms with Gasteiger partial charge in [-0.3, -0.25) is 0 Å². The highest BCUT2D eigenvalue weighted by molar-refractivity contribution is 5.37. The minimum absolute atomic E-state index is 0.511. The summed E-state index contributed by atoms with van der Waals surface area (Å²) < 4.78 is 0. The number of aromatic nitrogens is 1. The highest BCUT2D eigenvalue weighted by atomic mass is 15.2. The van der Waals surface area contributed by atoms with E-state index in [1.54, 1.807) is 0 Å². The van der Waals surface area contributed by atoms with E-state index in [4.69, 9.17) is 5.73 Å². The Morgan fingerprint density at radius 3 is 2.79 bits per heavy atom. The first-order chi connectivity index (χ1) is 6.77. The molecule has 0 saturated heterocycles. The van der Waals surface area contributed by atoms with Gasteiger partial charge in [0.2, 0.25) is 0 Å². The van der Waals surface area contributed by atoms with E-state index >= 15 is 0 Å². The van der Waals surface area contributed by atoms with Crippen LogP contribution in [0.3, 0.4) is 0 Å². The van der Waals surface area contributed by atoms with Crippen LogP contribution in [0.25, 0.3) is 0 Å². The molecule has 2 N–H and O–H groups in total. The van der Waals surface area contributed by atoms with Crippen molar-refractivity contribution >= 4 is 5.82 Å². The lowest BCUT2D eigenvalue weighted by Gasteiger charge is -2.24. The van der Waals surface area contributed by atoms with Gasteiger partial charge in [-0.2, -0.15) is 0 Å². The van der Waals surface area contributed by atoms with Gasteiger partial charge in [-0.05, 0) is 31.5 Å². The Hall–Kier alpha value is -1.09. The monoisotopic (exact) mass is 193 g/mol. The van der Waals surface area contributed by atoms with Crippen LogP contribution >= 0.6 is 0 Å². The molecule has 1 rings (SSSR count). The second kappa shape index (κ2) is 5.60. The fraction of sp³-hybridized carbons (Fsp3) is 0.545. The Morgan fingerprint density at radius 2 is 2.29 bits per heavy atom. The third kappa shape index (κ3) is 3.00. The first-order valence-corrected chi connectivity index (χ1v) is 5.14. The molecule has 3 nitrogen and oxygen atoms in total. The maximum absolute atomic E-state index is 5.61. The topological polar surface area (TPSA) is 42.1 Å². The maximum atomic E-state index is 5.61. The third-order valence-corrected chi connectivity index (χ3v) is 2.29. The number of hydrogen-bond acceptors (Lipinski definition) is 3. The van der Waals surface area contributed by atoms with Crippen LogP contribution in [0.15, 0.2) is 24.4 Å². The Labute approximate surface area is 85.9 Å². The van der Waals surface area contributed by atoms with Crippen molar-refractivity contribution in [2.45, 2.75) is 13.8 Å². The van der Waals surface area contributed by atoms with Crippen molar-refractivity contribution in [3.8, 4) is 0 Å². The second-order valence-electron chi connectivity index (χ2n) is 3.57. The third-order valence-electron chi connectivity index (χ3n) is 2.29. The summed E-state index contributed by atoms with van der Waals surface area (Å²) in [6, 6.07) is 5.98. The molecule has 78 valence electrons. The summed E-state index contributed by atoms with van der Waals surface area (Å²) in [4.78, 5) is 6.57. The number of pyridine rings is 1. The van der Waals surface area contributed by atoms with E-state index in [2.05, 4.69) is 23.7 Å². The predicted molar refractivity (Wildman–Crippen MR) is 60.3 cm³/mol. The molecule has 0 saturated carbocycles. The van der Waals surface area contributed by atoms with Gasteiger partial charge < -0.3 is 10.6 Å². The number of rotatable bonds is 5. The molecule has 1 aromatic rings. The minimum Gasteiger partial charge on any atom is -0.357 e. The van der Waals surface area contributed by atoms with Crippen LogP contribution in [0.5, 0.6) is 0 Å². The highest BCUT2D eigenvalue weighted by Gasteiger charge is 2.08. The molecule has 0 aromatic carbocycles. The summed E-state index contributed by atoms with van der Waals surface area (Å²) in [6.45, 7) is 6.97. The number of anilines is 1. The van der Waals surface area contributed by atoms with Crippen molar-refractivity contribution in [1.29, 1.82) is 0 Å². The van der Waals surface area contributed by atoms with Crippen molar-refractivity contribution in [2.24, 2.45) is 11.7 Å². The molecule has 1 heterocycles. The lowest BCUT2D eigenvalue weighted by Crippen LogP contribution is -2.31. The molecule has 0 spiro atoms. The van der Waals surface area contributed by atoms with Crippen molar-refractivity contribution in [1.82, 2.24) is 4.98 Å². The van der Waals surface area contributed by atoms with Crippen LogP contribution in [0.2, 0.25) is 0 Å². The van der Waals surface area contributed by atoms with E-state index in [9.17, 15) is 0 Å². The molecule has 0 bridgehead atoms. The molecule has 1 atom stereocenters. The van der Waals surface area contributed by atoms with E-state index < -0.39 is 0 Å². The van der Waals surface area contributed by atoms with Crippen LogP contribution in [0.4, 0.5) is 5.82 Å². The van der Waals surface area contributed by atoms with E-state index in [1.807, 2.05) is 24.4 Å². The fourth-order valence-corrected chi connectivity index (χ4v) is 1.38. The van der Waals surface area contributed by atoms with Crippen LogP contribution < -0.4 is 10.6 Å². The zero-order chi connectivity index (χ0) is 10.4. The summed E-state index contributed by atoms with van der Waals surface area (Å²) in [5.74, 6) is 1.55.